The number of aryl methyl sites for hydroxylation is 2. The summed E-state index contributed by atoms with van der Waals surface area (Å²) >= 11 is 7.73. The first-order chi connectivity index (χ1) is 16.5. The summed E-state index contributed by atoms with van der Waals surface area (Å²) < 4.78 is 0. The lowest BCUT2D eigenvalue weighted by molar-refractivity contribution is 0.0751. The van der Waals surface area contributed by atoms with Crippen molar-refractivity contribution >= 4 is 50.6 Å². The number of hydrogen-bond acceptors (Lipinski definition) is 7. The summed E-state index contributed by atoms with van der Waals surface area (Å²) in [5, 5.41) is 1.78. The molecule has 5 rings (SSSR count). The molecular weight excluding hydrogens is 468 g/mol. The third-order valence-electron chi connectivity index (χ3n) is 7.10. The van der Waals surface area contributed by atoms with E-state index < -0.39 is 0 Å². The number of likely N-dealkylation sites (N-methyl/N-ethyl adjacent to an activating group) is 1. The number of rotatable bonds is 4. The van der Waals surface area contributed by atoms with Gasteiger partial charge in [-0.25, -0.2) is 9.97 Å². The fourth-order valence-corrected chi connectivity index (χ4v) is 6.27. The van der Waals surface area contributed by atoms with E-state index >= 15 is 0 Å². The zero-order valence-electron chi connectivity index (χ0n) is 20.1. The van der Waals surface area contributed by atoms with Crippen molar-refractivity contribution in [2.45, 2.75) is 20.8 Å². The summed E-state index contributed by atoms with van der Waals surface area (Å²) in [5.74, 6) is 1.07. The molecule has 0 spiro atoms. The molecule has 0 N–H and O–H groups in total. The second-order valence-corrected chi connectivity index (χ2v) is 10.5. The van der Waals surface area contributed by atoms with Crippen LogP contribution in [0.2, 0.25) is 5.02 Å². The highest BCUT2D eigenvalue weighted by atomic mass is 35.5. The molecule has 34 heavy (non-hydrogen) atoms. The fourth-order valence-electron chi connectivity index (χ4n) is 4.99. The van der Waals surface area contributed by atoms with Crippen LogP contribution in [-0.4, -0.2) is 84.6 Å². The first-order valence-corrected chi connectivity index (χ1v) is 13.2. The second kappa shape index (κ2) is 9.68. The van der Waals surface area contributed by atoms with Gasteiger partial charge in [0.1, 0.15) is 17.0 Å². The van der Waals surface area contributed by atoms with Crippen LogP contribution in [-0.2, 0) is 0 Å². The Balaban J connectivity index is 1.34. The Kier molecular flexibility index (Phi) is 6.64. The van der Waals surface area contributed by atoms with Crippen LogP contribution in [0.3, 0.4) is 0 Å². The number of carbonyl (C=O) groups is 1. The Morgan fingerprint density at radius 1 is 1.00 bits per heavy atom. The number of nitrogens with zero attached hydrogens (tertiary/aromatic N) is 6. The van der Waals surface area contributed by atoms with Gasteiger partial charge < -0.3 is 19.6 Å². The Hall–Kier alpha value is -2.42. The maximum atomic E-state index is 13.6. The van der Waals surface area contributed by atoms with E-state index in [0.29, 0.717) is 13.1 Å². The molecule has 1 amide bonds. The van der Waals surface area contributed by atoms with Gasteiger partial charge in [0, 0.05) is 63.1 Å². The van der Waals surface area contributed by atoms with Crippen LogP contribution in [0.15, 0.2) is 24.5 Å². The summed E-state index contributed by atoms with van der Waals surface area (Å²) in [5.41, 5.74) is 3.36. The molecule has 9 heteroatoms. The molecule has 0 radical (unpaired) electrons. The number of aromatic nitrogens is 2. The predicted octanol–water partition coefficient (Wildman–Crippen LogP) is 4.07. The molecule has 0 unspecified atom stereocenters. The monoisotopic (exact) mass is 498 g/mol. The molecule has 3 aromatic rings. The summed E-state index contributed by atoms with van der Waals surface area (Å²) in [4.78, 5) is 33.5. The van der Waals surface area contributed by atoms with Crippen LogP contribution < -0.4 is 9.80 Å². The average Bonchev–Trinajstić information content (AvgIpc) is 3.22. The Labute approximate surface area is 209 Å². The van der Waals surface area contributed by atoms with Gasteiger partial charge in [-0.2, -0.15) is 0 Å². The standard InChI is InChI=1S/C25H31ClN6OS/c1-4-29-7-9-31(10-8-29)23-21-18(3)22(34-24(21)28-16-27-23)25(33)32-13-11-30(12-14-32)20-15-19(26)6-5-17(20)2/h5-6,15-16H,4,7-14H2,1-3H3. The van der Waals surface area contributed by atoms with E-state index in [1.165, 1.54) is 16.9 Å². The maximum Gasteiger partial charge on any atom is 0.264 e. The van der Waals surface area contributed by atoms with E-state index in [2.05, 4.69) is 44.6 Å². The number of hydrogen-bond donors (Lipinski definition) is 0. The molecule has 2 aromatic heterocycles. The lowest BCUT2D eigenvalue weighted by Gasteiger charge is -2.36. The summed E-state index contributed by atoms with van der Waals surface area (Å²) in [6, 6.07) is 5.99. The average molecular weight is 499 g/mol. The van der Waals surface area contributed by atoms with Crippen molar-refractivity contribution in [2.24, 2.45) is 0 Å². The molecule has 180 valence electrons. The molecule has 0 saturated carbocycles. The molecule has 0 bridgehead atoms. The van der Waals surface area contributed by atoms with Crippen molar-refractivity contribution in [3.05, 3.63) is 45.6 Å². The largest absolute Gasteiger partial charge is 0.368 e. The number of thiophene rings is 1. The van der Waals surface area contributed by atoms with Crippen molar-refractivity contribution in [2.75, 3.05) is 68.7 Å². The minimum atomic E-state index is 0.102. The minimum Gasteiger partial charge on any atom is -0.368 e. The van der Waals surface area contributed by atoms with Gasteiger partial charge in [0.2, 0.25) is 0 Å². The van der Waals surface area contributed by atoms with E-state index in [-0.39, 0.29) is 5.91 Å². The smallest absolute Gasteiger partial charge is 0.264 e. The zero-order valence-corrected chi connectivity index (χ0v) is 21.6. The van der Waals surface area contributed by atoms with E-state index in [4.69, 9.17) is 11.6 Å². The number of halogens is 1. The maximum absolute atomic E-state index is 13.6. The lowest BCUT2D eigenvalue weighted by atomic mass is 10.1. The van der Waals surface area contributed by atoms with Crippen molar-refractivity contribution in [1.29, 1.82) is 0 Å². The van der Waals surface area contributed by atoms with Gasteiger partial charge in [0.05, 0.1) is 10.3 Å². The highest BCUT2D eigenvalue weighted by Crippen LogP contribution is 2.36. The van der Waals surface area contributed by atoms with Crippen LogP contribution in [0, 0.1) is 13.8 Å². The number of anilines is 2. The molecule has 0 aliphatic carbocycles. The van der Waals surface area contributed by atoms with E-state index in [1.807, 2.05) is 24.0 Å². The molecule has 2 saturated heterocycles. The number of benzene rings is 1. The van der Waals surface area contributed by atoms with Crippen molar-refractivity contribution < 1.29 is 4.79 Å². The van der Waals surface area contributed by atoms with Gasteiger partial charge in [0.25, 0.3) is 5.91 Å². The quantitative estimate of drug-likeness (QED) is 0.540. The van der Waals surface area contributed by atoms with Crippen molar-refractivity contribution in [3.63, 3.8) is 0 Å². The molecule has 0 atom stereocenters. The molecule has 7 nitrogen and oxygen atoms in total. The van der Waals surface area contributed by atoms with Gasteiger partial charge in [-0.1, -0.05) is 24.6 Å². The van der Waals surface area contributed by atoms with Crippen LogP contribution in [0.4, 0.5) is 11.5 Å². The van der Waals surface area contributed by atoms with Gasteiger partial charge >= 0.3 is 0 Å². The highest BCUT2D eigenvalue weighted by molar-refractivity contribution is 7.20. The SMILES string of the molecule is CCN1CCN(c2ncnc3sc(C(=O)N4CCN(c5cc(Cl)ccc5C)CC4)c(C)c23)CC1. The molecular formula is C25H31ClN6OS. The number of piperazine rings is 2. The summed E-state index contributed by atoms with van der Waals surface area (Å²) in [7, 11) is 0. The Bertz CT molecular complexity index is 1200. The molecule has 2 fully saturated rings. The Morgan fingerprint density at radius 3 is 2.41 bits per heavy atom. The summed E-state index contributed by atoms with van der Waals surface area (Å²) in [6.07, 6.45) is 1.64. The highest BCUT2D eigenvalue weighted by Gasteiger charge is 2.28. The number of fused-ring (bicyclic) bond motifs is 1. The predicted molar refractivity (Wildman–Crippen MR) is 141 cm³/mol. The topological polar surface area (TPSA) is 55.8 Å². The van der Waals surface area contributed by atoms with Crippen LogP contribution in [0.25, 0.3) is 10.2 Å². The van der Waals surface area contributed by atoms with Gasteiger partial charge in [-0.05, 0) is 43.7 Å². The lowest BCUT2D eigenvalue weighted by Crippen LogP contribution is -2.49. The minimum absolute atomic E-state index is 0.102. The Morgan fingerprint density at radius 2 is 1.71 bits per heavy atom. The number of amides is 1. The fraction of sp³-hybridized carbons (Fsp3) is 0.480. The molecule has 1 aromatic carbocycles. The summed E-state index contributed by atoms with van der Waals surface area (Å²) in [6.45, 7) is 14.4. The first kappa shape index (κ1) is 23.3. The first-order valence-electron chi connectivity index (χ1n) is 12.0. The third kappa shape index (κ3) is 4.34. The van der Waals surface area contributed by atoms with Crippen LogP contribution >= 0.6 is 22.9 Å². The molecule has 2 aliphatic rings. The van der Waals surface area contributed by atoms with Crippen LogP contribution in [0.5, 0.6) is 0 Å². The van der Waals surface area contributed by atoms with Crippen molar-refractivity contribution in [1.82, 2.24) is 19.8 Å². The van der Waals surface area contributed by atoms with Gasteiger partial charge in [-0.15, -0.1) is 11.3 Å². The van der Waals surface area contributed by atoms with Gasteiger partial charge in [-0.3, -0.25) is 4.79 Å². The molecule has 2 aliphatic heterocycles. The van der Waals surface area contributed by atoms with Gasteiger partial charge in [0.15, 0.2) is 0 Å². The van der Waals surface area contributed by atoms with Crippen molar-refractivity contribution in [3.8, 4) is 0 Å². The van der Waals surface area contributed by atoms with E-state index in [0.717, 1.165) is 83.0 Å². The normalized spacial score (nSPS) is 17.6. The second-order valence-electron chi connectivity index (χ2n) is 9.06. The van der Waals surface area contributed by atoms with Crippen LogP contribution in [0.1, 0.15) is 27.7 Å². The molecule has 4 heterocycles. The number of carbonyl (C=O) groups excluding carboxylic acids is 1. The van der Waals surface area contributed by atoms with E-state index in [1.54, 1.807) is 6.33 Å². The van der Waals surface area contributed by atoms with E-state index in [9.17, 15) is 4.79 Å². The zero-order chi connectivity index (χ0) is 23.8. The third-order valence-corrected chi connectivity index (χ3v) is 8.52.